The molecule has 0 fully saturated rings. The van der Waals surface area contributed by atoms with Crippen LogP contribution in [-0.4, -0.2) is 29.7 Å². The fraction of sp³-hybridized carbons (Fsp3) is 0.143. The summed E-state index contributed by atoms with van der Waals surface area (Å²) in [5, 5.41) is 5.97. The number of H-pyrrole nitrogens is 1. The Labute approximate surface area is 154 Å². The van der Waals surface area contributed by atoms with E-state index < -0.39 is 0 Å². The van der Waals surface area contributed by atoms with Crippen LogP contribution in [0.5, 0.6) is 0 Å². The lowest BCUT2D eigenvalue weighted by Gasteiger charge is -2.10. The van der Waals surface area contributed by atoms with Gasteiger partial charge in [-0.25, -0.2) is 19.6 Å². The minimum atomic E-state index is 0.280. The van der Waals surface area contributed by atoms with Crippen LogP contribution in [0, 0.1) is 0 Å². The van der Waals surface area contributed by atoms with E-state index in [-0.39, 0.29) is 6.04 Å². The summed E-state index contributed by atoms with van der Waals surface area (Å²) in [4.78, 5) is 16.3. The number of nitrogens with zero attached hydrogens (tertiary/aromatic N) is 5. The van der Waals surface area contributed by atoms with Crippen molar-refractivity contribution in [3.8, 4) is 11.3 Å². The lowest BCUT2D eigenvalue weighted by Crippen LogP contribution is -2.11. The minimum Gasteiger partial charge on any atom is -0.345 e. The van der Waals surface area contributed by atoms with Crippen molar-refractivity contribution in [3.63, 3.8) is 0 Å². The van der Waals surface area contributed by atoms with E-state index in [2.05, 4.69) is 61.0 Å². The van der Waals surface area contributed by atoms with Crippen molar-refractivity contribution in [3.05, 3.63) is 72.4 Å². The van der Waals surface area contributed by atoms with Crippen LogP contribution in [0.3, 0.4) is 0 Å². The molecule has 130 valence electrons. The van der Waals surface area contributed by atoms with E-state index in [0.29, 0.717) is 0 Å². The predicted octanol–water partition coefficient (Wildman–Crippen LogP) is 3.71. The summed E-state index contributed by atoms with van der Waals surface area (Å²) in [7, 11) is 0. The molecule has 0 radical (unpaired) electrons. The van der Waals surface area contributed by atoms with Crippen LogP contribution in [0.2, 0.25) is 0 Å². The summed E-state index contributed by atoms with van der Waals surface area (Å²) in [5.74, 6) is 0. The first-order valence-corrected chi connectivity index (χ1v) is 9.05. The number of fused-ring (bicyclic) bond motifs is 3. The van der Waals surface area contributed by atoms with Gasteiger partial charge in [0.25, 0.3) is 0 Å². The van der Waals surface area contributed by atoms with Crippen LogP contribution in [0.15, 0.2) is 61.3 Å². The van der Waals surface area contributed by atoms with Gasteiger partial charge in [-0.15, -0.1) is 0 Å². The molecule has 0 saturated heterocycles. The van der Waals surface area contributed by atoms with Gasteiger partial charge < -0.3 is 4.98 Å². The van der Waals surface area contributed by atoms with Crippen molar-refractivity contribution in [2.24, 2.45) is 0 Å². The van der Waals surface area contributed by atoms with Crippen molar-refractivity contribution in [1.29, 1.82) is 0 Å². The zero-order valence-corrected chi connectivity index (χ0v) is 14.5. The molecule has 2 aromatic carbocycles. The quantitative estimate of drug-likeness (QED) is 0.526. The summed E-state index contributed by atoms with van der Waals surface area (Å²) in [6.07, 6.45) is 7.13. The first-order valence-electron chi connectivity index (χ1n) is 9.05. The molecular formula is C21H16N6. The van der Waals surface area contributed by atoms with Gasteiger partial charge >= 0.3 is 0 Å². The van der Waals surface area contributed by atoms with Crippen molar-refractivity contribution < 1.29 is 0 Å². The average Bonchev–Trinajstić information content (AvgIpc) is 3.42. The number of rotatable bonds is 2. The maximum atomic E-state index is 4.99. The normalized spacial score (nSPS) is 14.2. The molecule has 1 aliphatic carbocycles. The highest BCUT2D eigenvalue weighted by Gasteiger charge is 2.26. The van der Waals surface area contributed by atoms with E-state index in [1.165, 1.54) is 11.1 Å². The molecule has 6 rings (SSSR count). The van der Waals surface area contributed by atoms with Gasteiger partial charge in [-0.3, -0.25) is 0 Å². The second-order valence-corrected chi connectivity index (χ2v) is 7.02. The van der Waals surface area contributed by atoms with Crippen LogP contribution in [0.4, 0.5) is 0 Å². The highest BCUT2D eigenvalue weighted by atomic mass is 15.3. The number of imidazole rings is 1. The molecule has 0 aliphatic heterocycles. The van der Waals surface area contributed by atoms with Crippen molar-refractivity contribution in [2.75, 3.05) is 0 Å². The van der Waals surface area contributed by atoms with Crippen molar-refractivity contribution >= 4 is 22.1 Å². The fourth-order valence-corrected chi connectivity index (χ4v) is 4.14. The molecule has 1 aliphatic rings. The Hall–Kier alpha value is -3.54. The van der Waals surface area contributed by atoms with Gasteiger partial charge in [0.05, 0.1) is 28.8 Å². The summed E-state index contributed by atoms with van der Waals surface area (Å²) in [6.45, 7) is 0. The monoisotopic (exact) mass is 352 g/mol. The Bertz CT molecular complexity index is 1270. The molecule has 6 nitrogen and oxygen atoms in total. The van der Waals surface area contributed by atoms with Gasteiger partial charge in [0, 0.05) is 11.8 Å². The molecule has 3 heterocycles. The first kappa shape index (κ1) is 14.6. The molecule has 6 heteroatoms. The van der Waals surface area contributed by atoms with E-state index >= 15 is 0 Å². The predicted molar refractivity (Wildman–Crippen MR) is 103 cm³/mol. The third kappa shape index (κ3) is 2.19. The molecule has 0 unspecified atom stereocenters. The van der Waals surface area contributed by atoms with Crippen LogP contribution in [0.1, 0.15) is 17.2 Å². The van der Waals surface area contributed by atoms with Gasteiger partial charge in [0.15, 0.2) is 5.65 Å². The van der Waals surface area contributed by atoms with Crippen LogP contribution in [0.25, 0.3) is 33.3 Å². The third-order valence-electron chi connectivity index (χ3n) is 5.44. The molecule has 3 aromatic heterocycles. The van der Waals surface area contributed by atoms with Crippen molar-refractivity contribution in [1.82, 2.24) is 29.7 Å². The highest BCUT2D eigenvalue weighted by molar-refractivity contribution is 5.93. The smallest absolute Gasteiger partial charge is 0.162 e. The van der Waals surface area contributed by atoms with E-state index in [9.17, 15) is 0 Å². The maximum Gasteiger partial charge on any atom is 0.162 e. The van der Waals surface area contributed by atoms with Crippen LogP contribution in [-0.2, 0) is 12.8 Å². The Balaban J connectivity index is 1.51. The highest BCUT2D eigenvalue weighted by Crippen LogP contribution is 2.35. The Morgan fingerprint density at radius 1 is 1.00 bits per heavy atom. The Morgan fingerprint density at radius 2 is 1.85 bits per heavy atom. The van der Waals surface area contributed by atoms with E-state index in [1.807, 2.05) is 12.3 Å². The molecule has 0 spiro atoms. The van der Waals surface area contributed by atoms with E-state index in [0.717, 1.165) is 46.2 Å². The topological polar surface area (TPSA) is 72.3 Å². The lowest BCUT2D eigenvalue weighted by atomic mass is 10.1. The van der Waals surface area contributed by atoms with Gasteiger partial charge in [-0.05, 0) is 36.1 Å². The number of aromatic amines is 1. The SMILES string of the molecule is c1ccc2c(c1)CC(n1nc(-c3ccc4[nH]cnc4c3)c3cncnc31)C2. The van der Waals surface area contributed by atoms with Gasteiger partial charge in [-0.2, -0.15) is 5.10 Å². The average molecular weight is 352 g/mol. The summed E-state index contributed by atoms with van der Waals surface area (Å²) >= 11 is 0. The first-order chi connectivity index (χ1) is 13.4. The van der Waals surface area contributed by atoms with Crippen LogP contribution >= 0.6 is 0 Å². The molecule has 0 atom stereocenters. The molecule has 0 amide bonds. The number of benzene rings is 2. The molecule has 1 N–H and O–H groups in total. The maximum absolute atomic E-state index is 4.99. The van der Waals surface area contributed by atoms with E-state index in [1.54, 1.807) is 12.7 Å². The molecule has 5 aromatic rings. The molecule has 0 bridgehead atoms. The molecule has 27 heavy (non-hydrogen) atoms. The van der Waals surface area contributed by atoms with Gasteiger partial charge in [0.1, 0.15) is 12.0 Å². The third-order valence-corrected chi connectivity index (χ3v) is 5.44. The Morgan fingerprint density at radius 3 is 2.70 bits per heavy atom. The van der Waals surface area contributed by atoms with Gasteiger partial charge in [-0.1, -0.05) is 30.3 Å². The van der Waals surface area contributed by atoms with Gasteiger partial charge in [0.2, 0.25) is 0 Å². The Kier molecular flexibility index (Phi) is 2.96. The molecule has 0 saturated carbocycles. The second kappa shape index (κ2) is 5.48. The van der Waals surface area contributed by atoms with Crippen molar-refractivity contribution in [2.45, 2.75) is 18.9 Å². The number of nitrogens with one attached hydrogen (secondary N) is 1. The zero-order chi connectivity index (χ0) is 17.8. The lowest BCUT2D eigenvalue weighted by molar-refractivity contribution is 0.488. The van der Waals surface area contributed by atoms with E-state index in [4.69, 9.17) is 5.10 Å². The largest absolute Gasteiger partial charge is 0.345 e. The summed E-state index contributed by atoms with van der Waals surface area (Å²) in [6, 6.07) is 15.1. The number of hydrogen-bond acceptors (Lipinski definition) is 4. The zero-order valence-electron chi connectivity index (χ0n) is 14.5. The summed E-state index contributed by atoms with van der Waals surface area (Å²) < 4.78 is 2.08. The van der Waals surface area contributed by atoms with Crippen LogP contribution < -0.4 is 0 Å². The standard InChI is InChI=1S/C21H16N6/c1-2-4-14-8-16(7-13(14)3-1)27-21-17(10-22-11-25-21)20(26-27)15-5-6-18-19(9-15)24-12-23-18/h1-6,9-12,16H,7-8H2,(H,23,24). The minimum absolute atomic E-state index is 0.280. The second-order valence-electron chi connectivity index (χ2n) is 7.02. The summed E-state index contributed by atoms with van der Waals surface area (Å²) in [5.41, 5.74) is 7.58. The number of aromatic nitrogens is 6. The fourth-order valence-electron chi connectivity index (χ4n) is 4.14. The molecular weight excluding hydrogens is 336 g/mol. The number of hydrogen-bond donors (Lipinski definition) is 1.